The SMILES string of the molecule is Cc1nc([N+](=O)[O-])cn1CC(=O)NCc1cccc([N+](=O)[O-])c1. The minimum absolute atomic E-state index is 0.0576. The number of aromatic nitrogens is 2. The van der Waals surface area contributed by atoms with Gasteiger partial charge in [-0.2, -0.15) is 0 Å². The summed E-state index contributed by atoms with van der Waals surface area (Å²) in [6.07, 6.45) is 1.18. The van der Waals surface area contributed by atoms with Gasteiger partial charge in [0.05, 0.1) is 4.92 Å². The van der Waals surface area contributed by atoms with Crippen LogP contribution in [0.2, 0.25) is 0 Å². The molecule has 1 N–H and O–H groups in total. The van der Waals surface area contributed by atoms with Gasteiger partial charge in [0.25, 0.3) is 5.69 Å². The zero-order chi connectivity index (χ0) is 17.0. The number of nitro groups is 2. The van der Waals surface area contributed by atoms with Crippen molar-refractivity contribution in [1.29, 1.82) is 0 Å². The van der Waals surface area contributed by atoms with Crippen LogP contribution in [-0.4, -0.2) is 25.3 Å². The van der Waals surface area contributed by atoms with E-state index in [1.165, 1.54) is 29.0 Å². The summed E-state index contributed by atoms with van der Waals surface area (Å²) in [6, 6.07) is 5.91. The van der Waals surface area contributed by atoms with Crippen molar-refractivity contribution >= 4 is 17.4 Å². The number of hydrogen-bond donors (Lipinski definition) is 1. The van der Waals surface area contributed by atoms with E-state index < -0.39 is 9.85 Å². The summed E-state index contributed by atoms with van der Waals surface area (Å²) < 4.78 is 1.36. The average Bonchev–Trinajstić information content (AvgIpc) is 2.87. The van der Waals surface area contributed by atoms with Gasteiger partial charge in [0, 0.05) is 25.6 Å². The van der Waals surface area contributed by atoms with Gasteiger partial charge in [-0.15, -0.1) is 0 Å². The quantitative estimate of drug-likeness (QED) is 0.630. The molecule has 0 aliphatic rings. The Morgan fingerprint density at radius 2 is 2.04 bits per heavy atom. The van der Waals surface area contributed by atoms with Crippen molar-refractivity contribution in [3.63, 3.8) is 0 Å². The monoisotopic (exact) mass is 319 g/mol. The number of benzene rings is 1. The van der Waals surface area contributed by atoms with Crippen molar-refractivity contribution in [2.75, 3.05) is 0 Å². The lowest BCUT2D eigenvalue weighted by atomic mass is 10.2. The molecule has 10 heteroatoms. The Hall–Kier alpha value is -3.30. The van der Waals surface area contributed by atoms with Crippen LogP contribution in [0, 0.1) is 27.2 Å². The first kappa shape index (κ1) is 16.1. The molecule has 0 unspecified atom stereocenters. The van der Waals surface area contributed by atoms with Gasteiger partial charge in [-0.05, 0) is 15.5 Å². The summed E-state index contributed by atoms with van der Waals surface area (Å²) >= 11 is 0. The summed E-state index contributed by atoms with van der Waals surface area (Å²) in [5.74, 6) is -0.358. The van der Waals surface area contributed by atoms with E-state index in [1.807, 2.05) is 0 Å². The van der Waals surface area contributed by atoms with Gasteiger partial charge >= 0.3 is 5.82 Å². The van der Waals surface area contributed by atoms with E-state index >= 15 is 0 Å². The molecule has 1 aromatic carbocycles. The molecule has 0 fully saturated rings. The highest BCUT2D eigenvalue weighted by Gasteiger charge is 2.16. The Labute approximate surface area is 130 Å². The second-order valence-electron chi connectivity index (χ2n) is 4.74. The predicted octanol–water partition coefficient (Wildman–Crippen LogP) is 1.32. The molecule has 0 spiro atoms. The molecule has 1 heterocycles. The molecule has 2 rings (SSSR count). The number of aryl methyl sites for hydroxylation is 1. The number of hydrogen-bond acceptors (Lipinski definition) is 6. The fraction of sp³-hybridized carbons (Fsp3) is 0.231. The van der Waals surface area contributed by atoms with Crippen molar-refractivity contribution in [2.45, 2.75) is 20.0 Å². The minimum Gasteiger partial charge on any atom is -0.358 e. The maximum absolute atomic E-state index is 11.9. The predicted molar refractivity (Wildman–Crippen MR) is 78.6 cm³/mol. The maximum Gasteiger partial charge on any atom is 0.381 e. The smallest absolute Gasteiger partial charge is 0.358 e. The number of carbonyl (C=O) groups excluding carboxylic acids is 1. The Kier molecular flexibility index (Phi) is 4.64. The van der Waals surface area contributed by atoms with Crippen LogP contribution in [0.15, 0.2) is 30.5 Å². The molecule has 1 aromatic heterocycles. The van der Waals surface area contributed by atoms with Crippen molar-refractivity contribution in [2.24, 2.45) is 0 Å². The number of nitrogens with one attached hydrogen (secondary N) is 1. The van der Waals surface area contributed by atoms with Crippen molar-refractivity contribution < 1.29 is 14.6 Å². The van der Waals surface area contributed by atoms with Crippen LogP contribution in [0.3, 0.4) is 0 Å². The van der Waals surface area contributed by atoms with Crippen LogP contribution in [0.25, 0.3) is 0 Å². The van der Waals surface area contributed by atoms with E-state index in [0.29, 0.717) is 11.4 Å². The third-order valence-corrected chi connectivity index (χ3v) is 3.08. The third kappa shape index (κ3) is 4.09. The largest absolute Gasteiger partial charge is 0.381 e. The topological polar surface area (TPSA) is 133 Å². The van der Waals surface area contributed by atoms with Gasteiger partial charge in [-0.3, -0.25) is 19.5 Å². The van der Waals surface area contributed by atoms with Crippen LogP contribution in [0.1, 0.15) is 11.4 Å². The van der Waals surface area contributed by atoms with Crippen LogP contribution >= 0.6 is 0 Å². The Balaban J connectivity index is 1.96. The zero-order valence-electron chi connectivity index (χ0n) is 12.1. The standard InChI is InChI=1S/C13H13N5O5/c1-9-15-12(18(22)23)7-16(9)8-13(19)14-6-10-3-2-4-11(5-10)17(20)21/h2-5,7H,6,8H2,1H3,(H,14,19). The van der Waals surface area contributed by atoms with E-state index in [1.54, 1.807) is 13.0 Å². The van der Waals surface area contributed by atoms with Crippen molar-refractivity contribution in [3.8, 4) is 0 Å². The third-order valence-electron chi connectivity index (χ3n) is 3.08. The number of amides is 1. The molecule has 0 bridgehead atoms. The van der Waals surface area contributed by atoms with Gasteiger partial charge < -0.3 is 15.4 Å². The second kappa shape index (κ2) is 6.64. The molecule has 0 saturated heterocycles. The van der Waals surface area contributed by atoms with Gasteiger partial charge in [0.2, 0.25) is 11.7 Å². The highest BCUT2D eigenvalue weighted by molar-refractivity contribution is 5.75. The van der Waals surface area contributed by atoms with E-state index in [4.69, 9.17) is 0 Å². The molecule has 0 aliphatic heterocycles. The summed E-state index contributed by atoms with van der Waals surface area (Å²) in [7, 11) is 0. The van der Waals surface area contributed by atoms with E-state index in [0.717, 1.165) is 0 Å². The summed E-state index contributed by atoms with van der Waals surface area (Å²) in [4.78, 5) is 35.7. The fourth-order valence-electron chi connectivity index (χ4n) is 1.93. The fourth-order valence-corrected chi connectivity index (χ4v) is 1.93. The number of nitrogens with zero attached hydrogens (tertiary/aromatic N) is 4. The molecular formula is C13H13N5O5. The zero-order valence-corrected chi connectivity index (χ0v) is 12.1. The molecule has 0 saturated carbocycles. The number of imidazole rings is 1. The molecule has 0 radical (unpaired) electrons. The molecule has 1 amide bonds. The lowest BCUT2D eigenvalue weighted by Crippen LogP contribution is -2.27. The summed E-state index contributed by atoms with van der Waals surface area (Å²) in [5.41, 5.74) is 0.527. The highest BCUT2D eigenvalue weighted by Crippen LogP contribution is 2.13. The number of nitro benzene ring substituents is 1. The number of rotatable bonds is 6. The average molecular weight is 319 g/mol. The molecule has 120 valence electrons. The highest BCUT2D eigenvalue weighted by atomic mass is 16.6. The Bertz CT molecular complexity index is 770. The number of carbonyl (C=O) groups is 1. The van der Waals surface area contributed by atoms with Gasteiger partial charge in [0.15, 0.2) is 0 Å². The lowest BCUT2D eigenvalue weighted by Gasteiger charge is -2.06. The van der Waals surface area contributed by atoms with Crippen molar-refractivity contribution in [3.05, 3.63) is 62.1 Å². The van der Waals surface area contributed by atoms with E-state index in [9.17, 15) is 25.0 Å². The first-order valence-corrected chi connectivity index (χ1v) is 6.55. The Morgan fingerprint density at radius 3 is 2.65 bits per heavy atom. The molecule has 0 aliphatic carbocycles. The molecule has 0 atom stereocenters. The lowest BCUT2D eigenvalue weighted by molar-refractivity contribution is -0.389. The first-order chi connectivity index (χ1) is 10.9. The summed E-state index contributed by atoms with van der Waals surface area (Å²) in [5, 5.41) is 23.9. The molecule has 10 nitrogen and oxygen atoms in total. The molecule has 2 aromatic rings. The van der Waals surface area contributed by atoms with Gasteiger partial charge in [0.1, 0.15) is 12.7 Å². The van der Waals surface area contributed by atoms with Crippen LogP contribution in [-0.2, 0) is 17.9 Å². The van der Waals surface area contributed by atoms with Crippen LogP contribution < -0.4 is 5.32 Å². The Morgan fingerprint density at radius 1 is 1.30 bits per heavy atom. The summed E-state index contributed by atoms with van der Waals surface area (Å²) in [6.45, 7) is 1.55. The van der Waals surface area contributed by atoms with Crippen LogP contribution in [0.4, 0.5) is 11.5 Å². The number of non-ortho nitro benzene ring substituents is 1. The first-order valence-electron chi connectivity index (χ1n) is 6.55. The van der Waals surface area contributed by atoms with Crippen LogP contribution in [0.5, 0.6) is 0 Å². The van der Waals surface area contributed by atoms with E-state index in [-0.39, 0.29) is 30.5 Å². The van der Waals surface area contributed by atoms with Gasteiger partial charge in [-0.1, -0.05) is 12.1 Å². The second-order valence-corrected chi connectivity index (χ2v) is 4.74. The normalized spacial score (nSPS) is 10.3. The van der Waals surface area contributed by atoms with E-state index in [2.05, 4.69) is 10.3 Å². The molecule has 23 heavy (non-hydrogen) atoms. The van der Waals surface area contributed by atoms with Crippen molar-refractivity contribution in [1.82, 2.24) is 14.9 Å². The minimum atomic E-state index is -0.634. The maximum atomic E-state index is 11.9. The molecular weight excluding hydrogens is 306 g/mol. The van der Waals surface area contributed by atoms with Gasteiger partial charge in [-0.25, -0.2) is 0 Å².